The normalized spacial score (nSPS) is 13.2. The predicted octanol–water partition coefficient (Wildman–Crippen LogP) is 3.68. The van der Waals surface area contributed by atoms with Crippen molar-refractivity contribution in [2.45, 2.75) is 38.5 Å². The molecule has 31 heavy (non-hydrogen) atoms. The molecule has 3 rings (SSSR count). The summed E-state index contributed by atoms with van der Waals surface area (Å²) in [6.45, 7) is 6.99. The third-order valence-corrected chi connectivity index (χ3v) is 6.91. The number of carbonyl (C=O) groups excluding carboxylic acids is 1. The largest absolute Gasteiger partial charge is 0.490 e. The molecule has 0 saturated heterocycles. The quantitative estimate of drug-likeness (QED) is 0.556. The van der Waals surface area contributed by atoms with Crippen LogP contribution in [0.2, 0.25) is 0 Å². The van der Waals surface area contributed by atoms with E-state index < -0.39 is 10.0 Å². The van der Waals surface area contributed by atoms with E-state index in [9.17, 15) is 13.2 Å². The minimum Gasteiger partial charge on any atom is -0.490 e. The molecule has 0 spiro atoms. The van der Waals surface area contributed by atoms with Gasteiger partial charge in [0.05, 0.1) is 18.9 Å². The van der Waals surface area contributed by atoms with E-state index in [2.05, 4.69) is 20.7 Å². The highest BCUT2D eigenvalue weighted by atomic mass is 79.9. The number of sulfonamides is 1. The molecule has 0 unspecified atom stereocenters. The molecule has 1 N–H and O–H groups in total. The topological polar surface area (TPSA) is 84.9 Å². The van der Waals surface area contributed by atoms with Gasteiger partial charge in [-0.05, 0) is 62.1 Å². The number of carbonyl (C=O) groups is 1. The second-order valence-electron chi connectivity index (χ2n) is 7.13. The SMILES string of the molecule is CCOc1ccc(CCNS(=O)(=O)c2cc(Br)cc3c2N(C(C)=O)CC3)cc1OCC. The number of nitrogens with zero attached hydrogens (tertiary/aromatic N) is 1. The zero-order valence-corrected chi connectivity index (χ0v) is 20.3. The number of nitrogens with one attached hydrogen (secondary N) is 1. The maximum atomic E-state index is 13.1. The van der Waals surface area contributed by atoms with Gasteiger partial charge in [0.15, 0.2) is 11.5 Å². The van der Waals surface area contributed by atoms with Crippen molar-refractivity contribution in [3.63, 3.8) is 0 Å². The van der Waals surface area contributed by atoms with Gasteiger partial charge in [0.25, 0.3) is 0 Å². The molecular weight excluding hydrogens is 484 g/mol. The summed E-state index contributed by atoms with van der Waals surface area (Å²) in [4.78, 5) is 13.6. The van der Waals surface area contributed by atoms with E-state index in [-0.39, 0.29) is 17.3 Å². The summed E-state index contributed by atoms with van der Waals surface area (Å²) >= 11 is 3.39. The van der Waals surface area contributed by atoms with Gasteiger partial charge in [-0.1, -0.05) is 22.0 Å². The molecule has 7 nitrogen and oxygen atoms in total. The van der Waals surface area contributed by atoms with Crippen LogP contribution in [0.5, 0.6) is 11.5 Å². The molecule has 0 radical (unpaired) electrons. The highest BCUT2D eigenvalue weighted by Crippen LogP contribution is 2.37. The highest BCUT2D eigenvalue weighted by Gasteiger charge is 2.31. The first-order chi connectivity index (χ1) is 14.8. The Morgan fingerprint density at radius 1 is 1.13 bits per heavy atom. The van der Waals surface area contributed by atoms with Crippen LogP contribution in [0.1, 0.15) is 31.9 Å². The number of hydrogen-bond acceptors (Lipinski definition) is 5. The monoisotopic (exact) mass is 510 g/mol. The van der Waals surface area contributed by atoms with E-state index in [1.807, 2.05) is 38.1 Å². The summed E-state index contributed by atoms with van der Waals surface area (Å²) in [5, 5.41) is 0. The first-order valence-corrected chi connectivity index (χ1v) is 12.5. The zero-order chi connectivity index (χ0) is 22.6. The van der Waals surface area contributed by atoms with Crippen molar-refractivity contribution in [2.24, 2.45) is 0 Å². The molecular formula is C22H27BrN2O5S. The Morgan fingerprint density at radius 3 is 2.52 bits per heavy atom. The molecule has 1 aliphatic rings. The summed E-state index contributed by atoms with van der Waals surface area (Å²) in [6.07, 6.45) is 1.11. The molecule has 2 aromatic rings. The van der Waals surface area contributed by atoms with Crippen molar-refractivity contribution in [2.75, 3.05) is 31.2 Å². The molecule has 0 saturated carbocycles. The number of halogens is 1. The number of hydrogen-bond donors (Lipinski definition) is 1. The van der Waals surface area contributed by atoms with E-state index in [1.165, 1.54) is 11.8 Å². The minimum atomic E-state index is -3.81. The maximum Gasteiger partial charge on any atom is 0.242 e. The van der Waals surface area contributed by atoms with Gasteiger partial charge in [-0.2, -0.15) is 0 Å². The van der Waals surface area contributed by atoms with Crippen molar-refractivity contribution in [3.05, 3.63) is 45.9 Å². The average Bonchev–Trinajstić information content (AvgIpc) is 3.13. The van der Waals surface area contributed by atoms with Crippen LogP contribution in [0.25, 0.3) is 0 Å². The smallest absolute Gasteiger partial charge is 0.242 e. The van der Waals surface area contributed by atoms with Crippen LogP contribution in [0.4, 0.5) is 5.69 Å². The van der Waals surface area contributed by atoms with Crippen molar-refractivity contribution in [3.8, 4) is 11.5 Å². The molecule has 0 aromatic heterocycles. The second kappa shape index (κ2) is 10.0. The number of amides is 1. The van der Waals surface area contributed by atoms with Crippen molar-refractivity contribution >= 4 is 37.5 Å². The third-order valence-electron chi connectivity index (χ3n) is 4.98. The summed E-state index contributed by atoms with van der Waals surface area (Å²) in [5.41, 5.74) is 2.25. The molecule has 0 atom stereocenters. The third kappa shape index (κ3) is 5.39. The minimum absolute atomic E-state index is 0.117. The van der Waals surface area contributed by atoms with Gasteiger partial charge in [-0.15, -0.1) is 0 Å². The fourth-order valence-electron chi connectivity index (χ4n) is 3.65. The first-order valence-electron chi connectivity index (χ1n) is 10.3. The van der Waals surface area contributed by atoms with Gasteiger partial charge in [0.1, 0.15) is 4.90 Å². The van der Waals surface area contributed by atoms with E-state index in [0.717, 1.165) is 11.1 Å². The summed E-state index contributed by atoms with van der Waals surface area (Å²) in [5.74, 6) is 1.14. The summed E-state index contributed by atoms with van der Waals surface area (Å²) in [6, 6.07) is 9.02. The Bertz CT molecular complexity index is 1070. The molecule has 1 aliphatic heterocycles. The molecule has 0 bridgehead atoms. The average molecular weight is 511 g/mol. The lowest BCUT2D eigenvalue weighted by Gasteiger charge is -2.19. The van der Waals surface area contributed by atoms with Crippen molar-refractivity contribution in [1.29, 1.82) is 0 Å². The number of benzene rings is 2. The van der Waals surface area contributed by atoms with Gasteiger partial charge in [-0.25, -0.2) is 13.1 Å². The molecule has 0 fully saturated rings. The Morgan fingerprint density at radius 2 is 1.84 bits per heavy atom. The standard InChI is InChI=1S/C22H27BrN2O5S/c1-4-29-19-7-6-16(12-20(19)30-5-2)8-10-24-31(27,28)21-14-18(23)13-17-9-11-25(15(3)26)22(17)21/h6-7,12-14,24H,4-5,8-11H2,1-3H3. The first kappa shape index (κ1) is 23.6. The Kier molecular flexibility index (Phi) is 7.61. The molecule has 168 valence electrons. The number of anilines is 1. The zero-order valence-electron chi connectivity index (χ0n) is 17.9. The predicted molar refractivity (Wildman–Crippen MR) is 124 cm³/mol. The fraction of sp³-hybridized carbons (Fsp3) is 0.409. The fourth-order valence-corrected chi connectivity index (χ4v) is 5.61. The van der Waals surface area contributed by atoms with Crippen LogP contribution in [-0.2, 0) is 27.7 Å². The van der Waals surface area contributed by atoms with Crippen LogP contribution in [-0.4, -0.2) is 40.6 Å². The van der Waals surface area contributed by atoms with Crippen LogP contribution >= 0.6 is 15.9 Å². The second-order valence-corrected chi connectivity index (χ2v) is 9.78. The van der Waals surface area contributed by atoms with Gasteiger partial charge in [0.2, 0.25) is 15.9 Å². The van der Waals surface area contributed by atoms with Crippen LogP contribution < -0.4 is 19.1 Å². The number of ether oxygens (including phenoxy) is 2. The van der Waals surface area contributed by atoms with Crippen LogP contribution in [0.15, 0.2) is 39.7 Å². The van der Waals surface area contributed by atoms with Gasteiger partial charge in [0, 0.05) is 24.5 Å². The molecule has 2 aromatic carbocycles. The Hall–Kier alpha value is -2.10. The van der Waals surface area contributed by atoms with Gasteiger partial charge >= 0.3 is 0 Å². The van der Waals surface area contributed by atoms with Crippen LogP contribution in [0.3, 0.4) is 0 Å². The Balaban J connectivity index is 1.78. The van der Waals surface area contributed by atoms with E-state index in [4.69, 9.17) is 9.47 Å². The van der Waals surface area contributed by atoms with E-state index >= 15 is 0 Å². The van der Waals surface area contributed by atoms with Crippen molar-refractivity contribution < 1.29 is 22.7 Å². The molecule has 9 heteroatoms. The Labute approximate surface area is 191 Å². The lowest BCUT2D eigenvalue weighted by atomic mass is 10.1. The van der Waals surface area contributed by atoms with Crippen molar-refractivity contribution in [1.82, 2.24) is 4.72 Å². The number of fused-ring (bicyclic) bond motifs is 1. The summed E-state index contributed by atoms with van der Waals surface area (Å²) < 4.78 is 40.7. The molecule has 1 heterocycles. The van der Waals surface area contributed by atoms with E-state index in [0.29, 0.717) is 54.3 Å². The van der Waals surface area contributed by atoms with E-state index in [1.54, 1.807) is 6.07 Å². The van der Waals surface area contributed by atoms with Gasteiger partial charge in [-0.3, -0.25) is 4.79 Å². The summed E-state index contributed by atoms with van der Waals surface area (Å²) in [7, 11) is -3.81. The molecule has 0 aliphatic carbocycles. The highest BCUT2D eigenvalue weighted by molar-refractivity contribution is 9.10. The lowest BCUT2D eigenvalue weighted by Crippen LogP contribution is -2.31. The lowest BCUT2D eigenvalue weighted by molar-refractivity contribution is -0.116. The van der Waals surface area contributed by atoms with Crippen LogP contribution in [0, 0.1) is 0 Å². The van der Waals surface area contributed by atoms with Gasteiger partial charge < -0.3 is 14.4 Å². The molecule has 1 amide bonds. The maximum absolute atomic E-state index is 13.1. The number of rotatable bonds is 9.